The molecule has 1 aliphatic rings. The van der Waals surface area contributed by atoms with E-state index in [-0.39, 0.29) is 24.2 Å². The zero-order chi connectivity index (χ0) is 19.7. The van der Waals surface area contributed by atoms with Gasteiger partial charge in [0.05, 0.1) is 6.54 Å². The van der Waals surface area contributed by atoms with Crippen molar-refractivity contribution in [3.05, 3.63) is 39.6 Å². The Morgan fingerprint density at radius 2 is 2.00 bits per heavy atom. The molecule has 0 aromatic carbocycles. The Bertz CT molecular complexity index is 894. The minimum Gasteiger partial charge on any atom is -0.352 e. The molecule has 0 radical (unpaired) electrons. The van der Waals surface area contributed by atoms with Gasteiger partial charge in [0, 0.05) is 30.4 Å². The molecule has 9 nitrogen and oxygen atoms in total. The third kappa shape index (κ3) is 4.24. The van der Waals surface area contributed by atoms with Crippen LogP contribution in [0.1, 0.15) is 41.8 Å². The van der Waals surface area contributed by atoms with Crippen LogP contribution in [0, 0.1) is 13.8 Å². The molecule has 0 saturated heterocycles. The maximum absolute atomic E-state index is 12.3. The van der Waals surface area contributed by atoms with Crippen LogP contribution in [-0.4, -0.2) is 55.3 Å². The summed E-state index contributed by atoms with van der Waals surface area (Å²) in [5, 5.41) is 11.6. The molecule has 0 unspecified atom stereocenters. The van der Waals surface area contributed by atoms with E-state index in [2.05, 4.69) is 25.4 Å². The Labute approximate surface area is 158 Å². The number of carbonyl (C=O) groups excluding carboxylic acids is 1. The smallest absolute Gasteiger partial charge is 0.348 e. The van der Waals surface area contributed by atoms with E-state index in [0.717, 1.165) is 36.7 Å². The van der Waals surface area contributed by atoms with Crippen molar-refractivity contribution in [2.75, 3.05) is 14.1 Å². The Hall–Kier alpha value is -2.55. The molecule has 1 aliphatic carbocycles. The zero-order valence-corrected chi connectivity index (χ0v) is 16.6. The van der Waals surface area contributed by atoms with E-state index in [1.165, 1.54) is 4.57 Å². The lowest BCUT2D eigenvalue weighted by Crippen LogP contribution is -2.46. The van der Waals surface area contributed by atoms with Crippen molar-refractivity contribution in [2.24, 2.45) is 7.05 Å². The lowest BCUT2D eigenvalue weighted by molar-refractivity contribution is -0.123. The van der Waals surface area contributed by atoms with Gasteiger partial charge in [-0.15, -0.1) is 10.2 Å². The fourth-order valence-electron chi connectivity index (χ4n) is 3.48. The molecular formula is C18H27N7O2. The fourth-order valence-corrected chi connectivity index (χ4v) is 3.48. The number of hydrogen-bond acceptors (Lipinski definition) is 6. The van der Waals surface area contributed by atoms with Crippen molar-refractivity contribution < 1.29 is 4.79 Å². The monoisotopic (exact) mass is 373 g/mol. The first-order valence-electron chi connectivity index (χ1n) is 9.12. The molecule has 2 aromatic heterocycles. The van der Waals surface area contributed by atoms with Gasteiger partial charge in [-0.3, -0.25) is 9.36 Å². The summed E-state index contributed by atoms with van der Waals surface area (Å²) >= 11 is 0. The first kappa shape index (κ1) is 19.2. The molecule has 0 aliphatic heterocycles. The molecule has 1 fully saturated rings. The van der Waals surface area contributed by atoms with Crippen molar-refractivity contribution >= 4 is 5.91 Å². The predicted molar refractivity (Wildman–Crippen MR) is 100 cm³/mol. The highest BCUT2D eigenvalue weighted by atomic mass is 16.2. The van der Waals surface area contributed by atoms with Crippen LogP contribution >= 0.6 is 0 Å². The second-order valence-electron chi connectivity index (χ2n) is 7.61. The van der Waals surface area contributed by atoms with Gasteiger partial charge in [-0.25, -0.2) is 4.79 Å². The number of aryl methyl sites for hydroxylation is 2. The second-order valence-corrected chi connectivity index (χ2v) is 7.61. The number of carbonyl (C=O) groups is 1. The number of aromatic nitrogens is 5. The number of amides is 1. The van der Waals surface area contributed by atoms with Crippen LogP contribution < -0.4 is 11.0 Å². The molecule has 0 spiro atoms. The molecule has 2 heterocycles. The van der Waals surface area contributed by atoms with E-state index in [9.17, 15) is 9.59 Å². The molecule has 2 aromatic rings. The summed E-state index contributed by atoms with van der Waals surface area (Å²) in [6, 6.07) is 1.90. The zero-order valence-electron chi connectivity index (χ0n) is 16.6. The van der Waals surface area contributed by atoms with Crippen LogP contribution in [0.25, 0.3) is 0 Å². The first-order chi connectivity index (χ1) is 12.7. The van der Waals surface area contributed by atoms with Gasteiger partial charge in [0.2, 0.25) is 5.91 Å². The molecule has 1 N–H and O–H groups in total. The third-order valence-electron chi connectivity index (χ3n) is 4.97. The van der Waals surface area contributed by atoms with E-state index in [0.29, 0.717) is 11.6 Å². The average Bonchev–Trinajstić information content (AvgIpc) is 2.86. The van der Waals surface area contributed by atoms with E-state index in [1.807, 2.05) is 32.6 Å². The highest BCUT2D eigenvalue weighted by molar-refractivity contribution is 5.76. The molecule has 146 valence electrons. The molecule has 1 amide bonds. The predicted octanol–water partition coefficient (Wildman–Crippen LogP) is 0.113. The van der Waals surface area contributed by atoms with E-state index in [1.54, 1.807) is 13.0 Å². The third-order valence-corrected chi connectivity index (χ3v) is 4.97. The van der Waals surface area contributed by atoms with Crippen molar-refractivity contribution in [3.8, 4) is 0 Å². The molecule has 3 rings (SSSR count). The van der Waals surface area contributed by atoms with Crippen molar-refractivity contribution in [1.82, 2.24) is 34.5 Å². The second kappa shape index (κ2) is 7.59. The van der Waals surface area contributed by atoms with Crippen LogP contribution in [0.5, 0.6) is 0 Å². The Morgan fingerprint density at radius 3 is 2.63 bits per heavy atom. The standard InChI is InChI=1S/C18H27N7O2/c1-11-6-12(2)25(18(27)19-11)10-16(26)20-14-7-13(8-14)17-22-21-15(24(17)5)9-23(3)4/h6,13-14H,7-10H2,1-5H3,(H,20,26). The summed E-state index contributed by atoms with van der Waals surface area (Å²) in [6.45, 7) is 4.32. The molecule has 27 heavy (non-hydrogen) atoms. The fraction of sp³-hybridized carbons (Fsp3) is 0.611. The van der Waals surface area contributed by atoms with Crippen molar-refractivity contribution in [2.45, 2.75) is 51.7 Å². The average molecular weight is 373 g/mol. The Kier molecular flexibility index (Phi) is 5.41. The first-order valence-corrected chi connectivity index (χ1v) is 9.12. The Morgan fingerprint density at radius 1 is 1.30 bits per heavy atom. The van der Waals surface area contributed by atoms with Gasteiger partial charge < -0.3 is 14.8 Å². The normalized spacial score (nSPS) is 19.2. The highest BCUT2D eigenvalue weighted by Crippen LogP contribution is 2.35. The number of hydrogen-bond donors (Lipinski definition) is 1. The maximum atomic E-state index is 12.3. The minimum absolute atomic E-state index is 0.00391. The summed E-state index contributed by atoms with van der Waals surface area (Å²) in [5.41, 5.74) is 1.01. The number of rotatable bonds is 6. The lowest BCUT2D eigenvalue weighted by Gasteiger charge is -2.35. The van der Waals surface area contributed by atoms with Gasteiger partial charge in [-0.2, -0.15) is 4.98 Å². The van der Waals surface area contributed by atoms with E-state index < -0.39 is 0 Å². The quantitative estimate of drug-likeness (QED) is 0.772. The van der Waals surface area contributed by atoms with Gasteiger partial charge in [0.25, 0.3) is 0 Å². The summed E-state index contributed by atoms with van der Waals surface area (Å²) in [5.74, 6) is 2.03. The largest absolute Gasteiger partial charge is 0.352 e. The number of nitrogens with one attached hydrogen (secondary N) is 1. The van der Waals surface area contributed by atoms with Crippen LogP contribution in [0.4, 0.5) is 0 Å². The van der Waals surface area contributed by atoms with E-state index >= 15 is 0 Å². The molecule has 0 bridgehead atoms. The summed E-state index contributed by atoms with van der Waals surface area (Å²) in [7, 11) is 5.99. The molecule has 1 saturated carbocycles. The molecule has 0 atom stereocenters. The summed E-state index contributed by atoms with van der Waals surface area (Å²) in [6.07, 6.45) is 1.67. The van der Waals surface area contributed by atoms with Gasteiger partial charge >= 0.3 is 5.69 Å². The van der Waals surface area contributed by atoms with Crippen molar-refractivity contribution in [3.63, 3.8) is 0 Å². The van der Waals surface area contributed by atoms with Gasteiger partial charge in [-0.05, 0) is 46.9 Å². The maximum Gasteiger partial charge on any atom is 0.348 e. The summed E-state index contributed by atoms with van der Waals surface area (Å²) < 4.78 is 3.44. The number of nitrogens with zero attached hydrogens (tertiary/aromatic N) is 6. The summed E-state index contributed by atoms with van der Waals surface area (Å²) in [4.78, 5) is 30.2. The van der Waals surface area contributed by atoms with Gasteiger partial charge in [0.15, 0.2) is 0 Å². The van der Waals surface area contributed by atoms with Crippen LogP contribution in [0.3, 0.4) is 0 Å². The SMILES string of the molecule is Cc1cc(C)n(CC(=O)NC2CC(c3nnc(CN(C)C)n3C)C2)c(=O)n1. The van der Waals surface area contributed by atoms with E-state index in [4.69, 9.17) is 0 Å². The van der Waals surface area contributed by atoms with Gasteiger partial charge in [0.1, 0.15) is 18.2 Å². The molecule has 9 heteroatoms. The van der Waals surface area contributed by atoms with Crippen molar-refractivity contribution in [1.29, 1.82) is 0 Å². The van der Waals surface area contributed by atoms with Gasteiger partial charge in [-0.1, -0.05) is 0 Å². The lowest BCUT2D eigenvalue weighted by atomic mass is 9.79. The van der Waals surface area contributed by atoms with Crippen LogP contribution in [0.15, 0.2) is 10.9 Å². The highest BCUT2D eigenvalue weighted by Gasteiger charge is 2.35. The molecular weight excluding hydrogens is 346 g/mol. The minimum atomic E-state index is -0.387. The topological polar surface area (TPSA) is 97.9 Å². The Balaban J connectivity index is 1.54. The van der Waals surface area contributed by atoms with Crippen LogP contribution in [0.2, 0.25) is 0 Å². The van der Waals surface area contributed by atoms with Crippen LogP contribution in [-0.2, 0) is 24.9 Å².